The van der Waals surface area contributed by atoms with Crippen LogP contribution in [0.5, 0.6) is 0 Å². The highest BCUT2D eigenvalue weighted by atomic mass is 32.2. The Labute approximate surface area is 74.2 Å². The van der Waals surface area contributed by atoms with Crippen molar-refractivity contribution >= 4 is 10.0 Å². The summed E-state index contributed by atoms with van der Waals surface area (Å²) in [7, 11) is -1.65. The number of hydrogen-bond donors (Lipinski definition) is 1. The van der Waals surface area contributed by atoms with Crippen molar-refractivity contribution < 1.29 is 13.5 Å². The van der Waals surface area contributed by atoms with Gasteiger partial charge in [0.2, 0.25) is 10.0 Å². The standard InChI is InChI=1S/C7H17NO3S/c1-4-5-12(10,11)8(3)6-7(2)9/h7,9H,4-6H2,1-3H3. The van der Waals surface area contributed by atoms with Crippen LogP contribution in [0.15, 0.2) is 0 Å². The van der Waals surface area contributed by atoms with Crippen molar-refractivity contribution in [3.63, 3.8) is 0 Å². The van der Waals surface area contributed by atoms with Crippen LogP contribution in [-0.2, 0) is 10.0 Å². The zero-order valence-electron chi connectivity index (χ0n) is 7.82. The van der Waals surface area contributed by atoms with Crippen LogP contribution in [-0.4, -0.2) is 43.3 Å². The second-order valence-electron chi connectivity index (χ2n) is 2.95. The SMILES string of the molecule is CCCS(=O)(=O)N(C)CC(C)O. The summed E-state index contributed by atoms with van der Waals surface area (Å²) in [5, 5.41) is 8.95. The molecule has 1 N–H and O–H groups in total. The lowest BCUT2D eigenvalue weighted by Crippen LogP contribution is -2.34. The molecule has 0 aliphatic carbocycles. The molecule has 0 bridgehead atoms. The molecule has 74 valence electrons. The maximum Gasteiger partial charge on any atom is 0.213 e. The molecule has 0 spiro atoms. The van der Waals surface area contributed by atoms with Crippen LogP contribution < -0.4 is 0 Å². The molecule has 1 atom stereocenters. The quantitative estimate of drug-likeness (QED) is 0.674. The molecule has 0 saturated carbocycles. The largest absolute Gasteiger partial charge is 0.392 e. The summed E-state index contributed by atoms with van der Waals surface area (Å²) >= 11 is 0. The van der Waals surface area contributed by atoms with Crippen molar-refractivity contribution in [1.82, 2.24) is 4.31 Å². The van der Waals surface area contributed by atoms with Gasteiger partial charge in [0.25, 0.3) is 0 Å². The van der Waals surface area contributed by atoms with Gasteiger partial charge in [-0.1, -0.05) is 6.92 Å². The molecule has 0 amide bonds. The molecule has 4 nitrogen and oxygen atoms in total. The van der Waals surface area contributed by atoms with Crippen molar-refractivity contribution in [2.45, 2.75) is 26.4 Å². The van der Waals surface area contributed by atoms with Gasteiger partial charge in [0, 0.05) is 13.6 Å². The molecule has 0 aromatic rings. The summed E-state index contributed by atoms with van der Waals surface area (Å²) in [6, 6.07) is 0. The van der Waals surface area contributed by atoms with Gasteiger partial charge in [0.05, 0.1) is 11.9 Å². The lowest BCUT2D eigenvalue weighted by atomic mass is 10.4. The third kappa shape index (κ3) is 4.04. The molecule has 0 saturated heterocycles. The van der Waals surface area contributed by atoms with Crippen LogP contribution in [0.25, 0.3) is 0 Å². The smallest absolute Gasteiger partial charge is 0.213 e. The lowest BCUT2D eigenvalue weighted by molar-refractivity contribution is 0.171. The molecule has 0 heterocycles. The molecule has 0 fully saturated rings. The van der Waals surface area contributed by atoms with E-state index >= 15 is 0 Å². The Hall–Kier alpha value is -0.130. The molecule has 5 heteroatoms. The number of rotatable bonds is 5. The van der Waals surface area contributed by atoms with Gasteiger partial charge in [-0.25, -0.2) is 12.7 Å². The second kappa shape index (κ2) is 4.79. The lowest BCUT2D eigenvalue weighted by Gasteiger charge is -2.17. The van der Waals surface area contributed by atoms with E-state index in [1.54, 1.807) is 6.92 Å². The molecule has 12 heavy (non-hydrogen) atoms. The van der Waals surface area contributed by atoms with Crippen LogP contribution in [0.1, 0.15) is 20.3 Å². The van der Waals surface area contributed by atoms with Crippen LogP contribution >= 0.6 is 0 Å². The molecule has 0 rings (SSSR count). The van der Waals surface area contributed by atoms with Crippen LogP contribution in [0.4, 0.5) is 0 Å². The topological polar surface area (TPSA) is 57.6 Å². The Morgan fingerprint density at radius 2 is 2.00 bits per heavy atom. The maximum absolute atomic E-state index is 11.3. The molecule has 0 aliphatic heterocycles. The molecule has 1 unspecified atom stereocenters. The van der Waals surface area contributed by atoms with Gasteiger partial charge in [-0.05, 0) is 13.3 Å². The first-order valence-electron chi connectivity index (χ1n) is 4.02. The number of likely N-dealkylation sites (N-methyl/N-ethyl adjacent to an activating group) is 1. The monoisotopic (exact) mass is 195 g/mol. The molecular weight excluding hydrogens is 178 g/mol. The van der Waals surface area contributed by atoms with E-state index in [9.17, 15) is 8.42 Å². The normalized spacial score (nSPS) is 15.1. The maximum atomic E-state index is 11.3. The van der Waals surface area contributed by atoms with E-state index in [0.717, 1.165) is 0 Å². The predicted molar refractivity (Wildman–Crippen MR) is 48.4 cm³/mol. The molecule has 0 radical (unpaired) electrons. The van der Waals surface area contributed by atoms with Crippen molar-refractivity contribution in [3.05, 3.63) is 0 Å². The van der Waals surface area contributed by atoms with E-state index in [4.69, 9.17) is 5.11 Å². The van der Waals surface area contributed by atoms with E-state index < -0.39 is 16.1 Å². The Morgan fingerprint density at radius 3 is 2.33 bits per heavy atom. The first kappa shape index (κ1) is 11.9. The number of nitrogens with zero attached hydrogens (tertiary/aromatic N) is 1. The number of aliphatic hydroxyl groups excluding tert-OH is 1. The molecule has 0 aromatic carbocycles. The summed E-state index contributed by atoms with van der Waals surface area (Å²) < 4.78 is 23.8. The number of sulfonamides is 1. The van der Waals surface area contributed by atoms with Gasteiger partial charge in [-0.2, -0.15) is 0 Å². The minimum absolute atomic E-state index is 0.149. The Morgan fingerprint density at radius 1 is 1.50 bits per heavy atom. The number of aliphatic hydroxyl groups is 1. The first-order valence-corrected chi connectivity index (χ1v) is 5.63. The Balaban J connectivity index is 4.16. The Kier molecular flexibility index (Phi) is 4.74. The minimum atomic E-state index is -3.13. The summed E-state index contributed by atoms with van der Waals surface area (Å²) in [5.41, 5.74) is 0. The predicted octanol–water partition coefficient (Wildman–Crippen LogP) is 0.0388. The number of hydrogen-bond acceptors (Lipinski definition) is 3. The van der Waals surface area contributed by atoms with Crippen molar-refractivity contribution in [3.8, 4) is 0 Å². The molecule has 0 aromatic heterocycles. The summed E-state index contributed by atoms with van der Waals surface area (Å²) in [6.07, 6.45) is -0.00595. The fourth-order valence-corrected chi connectivity index (χ4v) is 2.17. The van der Waals surface area contributed by atoms with E-state index in [0.29, 0.717) is 6.42 Å². The van der Waals surface area contributed by atoms with Crippen molar-refractivity contribution in [1.29, 1.82) is 0 Å². The van der Waals surface area contributed by atoms with Crippen LogP contribution in [0.2, 0.25) is 0 Å². The summed E-state index contributed by atoms with van der Waals surface area (Å²) in [5.74, 6) is 0.149. The van der Waals surface area contributed by atoms with E-state index in [-0.39, 0.29) is 12.3 Å². The van der Waals surface area contributed by atoms with E-state index in [1.165, 1.54) is 11.4 Å². The van der Waals surface area contributed by atoms with Gasteiger partial charge in [-0.15, -0.1) is 0 Å². The van der Waals surface area contributed by atoms with Crippen LogP contribution in [0.3, 0.4) is 0 Å². The summed E-state index contributed by atoms with van der Waals surface area (Å²) in [6.45, 7) is 3.55. The third-order valence-electron chi connectivity index (χ3n) is 1.46. The van der Waals surface area contributed by atoms with Gasteiger partial charge < -0.3 is 5.11 Å². The van der Waals surface area contributed by atoms with Crippen molar-refractivity contribution in [2.24, 2.45) is 0 Å². The minimum Gasteiger partial charge on any atom is -0.392 e. The summed E-state index contributed by atoms with van der Waals surface area (Å²) in [4.78, 5) is 0. The highest BCUT2D eigenvalue weighted by Crippen LogP contribution is 2.00. The third-order valence-corrected chi connectivity index (χ3v) is 3.48. The fraction of sp³-hybridized carbons (Fsp3) is 1.00. The molecular formula is C7H17NO3S. The zero-order valence-corrected chi connectivity index (χ0v) is 8.63. The van der Waals surface area contributed by atoms with Crippen LogP contribution in [0, 0.1) is 0 Å². The van der Waals surface area contributed by atoms with E-state index in [2.05, 4.69) is 0 Å². The van der Waals surface area contributed by atoms with Gasteiger partial charge in [0.1, 0.15) is 0 Å². The van der Waals surface area contributed by atoms with Gasteiger partial charge in [0.15, 0.2) is 0 Å². The zero-order chi connectivity index (χ0) is 9.78. The average molecular weight is 195 g/mol. The fourth-order valence-electron chi connectivity index (χ4n) is 0.899. The van der Waals surface area contributed by atoms with Gasteiger partial charge in [-0.3, -0.25) is 0 Å². The Bertz CT molecular complexity index is 211. The second-order valence-corrected chi connectivity index (χ2v) is 5.14. The first-order chi connectivity index (χ1) is 5.40. The molecule has 0 aliphatic rings. The highest BCUT2D eigenvalue weighted by molar-refractivity contribution is 7.89. The van der Waals surface area contributed by atoms with Gasteiger partial charge >= 0.3 is 0 Å². The highest BCUT2D eigenvalue weighted by Gasteiger charge is 2.17. The average Bonchev–Trinajstić information content (AvgIpc) is 1.85. The van der Waals surface area contributed by atoms with E-state index in [1.807, 2.05) is 6.92 Å². The van der Waals surface area contributed by atoms with Crippen molar-refractivity contribution in [2.75, 3.05) is 19.3 Å².